The maximum atomic E-state index is 10.2. The van der Waals surface area contributed by atoms with Crippen LogP contribution in [-0.4, -0.2) is 49.7 Å². The van der Waals surface area contributed by atoms with Crippen molar-refractivity contribution in [1.29, 1.82) is 0 Å². The van der Waals surface area contributed by atoms with Gasteiger partial charge < -0.3 is 19.8 Å². The molecule has 104 valence electrons. The van der Waals surface area contributed by atoms with Gasteiger partial charge in [-0.1, -0.05) is 59.6 Å². The van der Waals surface area contributed by atoms with Crippen LogP contribution in [0.1, 0.15) is 20.7 Å². The average molecular weight is 351 g/mol. The maximum absolute atomic E-state index is 10.2. The Kier molecular flexibility index (Phi) is 9.66. The van der Waals surface area contributed by atoms with Gasteiger partial charge in [0.05, 0.1) is 11.9 Å². The number of carbonyl (C=O) groups excluding carboxylic acids is 2. The summed E-state index contributed by atoms with van der Waals surface area (Å²) in [5, 5.41) is 20.9. The molecule has 0 aliphatic heterocycles. The normalized spacial score (nSPS) is 8.86. The predicted octanol–water partition coefficient (Wildman–Crippen LogP) is 1.03. The van der Waals surface area contributed by atoms with E-state index in [1.807, 2.05) is 0 Å². The van der Waals surface area contributed by atoms with Crippen molar-refractivity contribution in [3.8, 4) is 0 Å². The third-order valence-corrected chi connectivity index (χ3v) is 2.85. The minimum absolute atomic E-state index is 0. The van der Waals surface area contributed by atoms with Crippen molar-refractivity contribution in [3.05, 3.63) is 69.7 Å². The predicted molar refractivity (Wildman–Crippen MR) is 77.3 cm³/mol. The van der Waals surface area contributed by atoms with Gasteiger partial charge in [-0.05, 0) is 12.1 Å². The van der Waals surface area contributed by atoms with Crippen LogP contribution < -0.4 is 10.2 Å². The molecule has 0 aromatic heterocycles. The minimum Gasteiger partial charge on any atom is -0.545 e. The number of aromatic carboxylic acids is 2. The second-order valence-corrected chi connectivity index (χ2v) is 4.35. The molecule has 0 heterocycles. The summed E-state index contributed by atoms with van der Waals surface area (Å²) in [5.41, 5.74) is 0.0633. The van der Waals surface area contributed by atoms with Crippen molar-refractivity contribution in [1.82, 2.24) is 0 Å². The van der Waals surface area contributed by atoms with E-state index in [-0.39, 0.29) is 58.9 Å². The maximum Gasteiger partial charge on any atom is 2.00 e. The average Bonchev–Trinajstić information content (AvgIpc) is 2.40. The number of benzene rings is 2. The van der Waals surface area contributed by atoms with Crippen LogP contribution >= 0.6 is 23.2 Å². The smallest absolute Gasteiger partial charge is 0.545 e. The fourth-order valence-electron chi connectivity index (χ4n) is 1.25. The van der Waals surface area contributed by atoms with E-state index >= 15 is 0 Å². The second-order valence-electron chi connectivity index (χ2n) is 3.53. The summed E-state index contributed by atoms with van der Waals surface area (Å²) in [5.74, 6) is -2.49. The Hall–Kier alpha value is -0.780. The Labute approximate surface area is 161 Å². The van der Waals surface area contributed by atoms with Gasteiger partial charge in [0.2, 0.25) is 0 Å². The van der Waals surface area contributed by atoms with Crippen LogP contribution in [0.15, 0.2) is 48.5 Å². The summed E-state index contributed by atoms with van der Waals surface area (Å²) in [4.78, 5) is 20.5. The molecule has 0 unspecified atom stereocenters. The molecular formula is C14H8CaCl2O4. The Bertz CT molecular complexity index is 576. The first kappa shape index (κ1) is 20.2. The zero-order valence-electron chi connectivity index (χ0n) is 10.7. The standard InChI is InChI=1S/2C7H5ClO2.Ca/c2*8-6-4-2-1-3-5(6)7(9)10;/h2*1-4H,(H,9,10);/q;;+2/p-2. The van der Waals surface area contributed by atoms with Crippen LogP contribution in [0, 0.1) is 0 Å². The molecule has 0 saturated heterocycles. The molecule has 2 aromatic rings. The van der Waals surface area contributed by atoms with Crippen LogP contribution in [0.25, 0.3) is 0 Å². The van der Waals surface area contributed by atoms with Crippen molar-refractivity contribution in [2.75, 3.05) is 0 Å². The van der Waals surface area contributed by atoms with Gasteiger partial charge in [-0.3, -0.25) is 0 Å². The summed E-state index contributed by atoms with van der Waals surface area (Å²) in [7, 11) is 0. The van der Waals surface area contributed by atoms with E-state index in [0.717, 1.165) is 0 Å². The molecule has 0 amide bonds. The molecule has 4 nitrogen and oxygen atoms in total. The molecule has 0 atom stereocenters. The third kappa shape index (κ3) is 6.67. The van der Waals surface area contributed by atoms with Crippen molar-refractivity contribution >= 4 is 72.9 Å². The topological polar surface area (TPSA) is 80.3 Å². The second kappa shape index (κ2) is 10.0. The van der Waals surface area contributed by atoms with E-state index in [1.165, 1.54) is 24.3 Å². The Morgan fingerprint density at radius 1 is 0.714 bits per heavy atom. The van der Waals surface area contributed by atoms with E-state index < -0.39 is 11.9 Å². The molecule has 2 rings (SSSR count). The van der Waals surface area contributed by atoms with Gasteiger partial charge in [0, 0.05) is 21.2 Å². The first-order valence-electron chi connectivity index (χ1n) is 5.35. The SMILES string of the molecule is O=C([O-])c1ccccc1Cl.O=C([O-])c1ccccc1Cl.[Ca+2]. The van der Waals surface area contributed by atoms with E-state index in [9.17, 15) is 19.8 Å². The first-order valence-corrected chi connectivity index (χ1v) is 6.11. The van der Waals surface area contributed by atoms with Crippen molar-refractivity contribution < 1.29 is 19.8 Å². The number of hydrogen-bond donors (Lipinski definition) is 0. The molecule has 0 N–H and O–H groups in total. The summed E-state index contributed by atoms with van der Waals surface area (Å²) in [6.07, 6.45) is 0. The minimum atomic E-state index is -1.24. The van der Waals surface area contributed by atoms with Crippen LogP contribution in [-0.2, 0) is 0 Å². The zero-order chi connectivity index (χ0) is 15.1. The van der Waals surface area contributed by atoms with Gasteiger partial charge in [0.15, 0.2) is 0 Å². The number of halogens is 2. The van der Waals surface area contributed by atoms with Gasteiger partial charge in [-0.25, -0.2) is 0 Å². The van der Waals surface area contributed by atoms with Gasteiger partial charge in [-0.15, -0.1) is 0 Å². The van der Waals surface area contributed by atoms with E-state index in [2.05, 4.69) is 0 Å². The Morgan fingerprint density at radius 3 is 1.19 bits per heavy atom. The Morgan fingerprint density at radius 2 is 1.00 bits per heavy atom. The van der Waals surface area contributed by atoms with Crippen molar-refractivity contribution in [2.24, 2.45) is 0 Å². The van der Waals surface area contributed by atoms with Gasteiger partial charge >= 0.3 is 37.7 Å². The molecule has 0 fully saturated rings. The molecule has 0 aliphatic carbocycles. The summed E-state index contributed by atoms with van der Waals surface area (Å²) in [6, 6.07) is 12.3. The zero-order valence-corrected chi connectivity index (χ0v) is 14.4. The van der Waals surface area contributed by atoms with E-state index in [0.29, 0.717) is 0 Å². The molecular weight excluding hydrogens is 343 g/mol. The van der Waals surface area contributed by atoms with E-state index in [4.69, 9.17) is 23.2 Å². The van der Waals surface area contributed by atoms with E-state index in [1.54, 1.807) is 24.3 Å². The monoisotopic (exact) mass is 350 g/mol. The largest absolute Gasteiger partial charge is 2.00 e. The summed E-state index contributed by atoms with van der Waals surface area (Å²) in [6.45, 7) is 0. The molecule has 7 heteroatoms. The molecule has 0 spiro atoms. The number of carboxylic acids is 2. The molecule has 0 bridgehead atoms. The van der Waals surface area contributed by atoms with Crippen molar-refractivity contribution in [2.45, 2.75) is 0 Å². The van der Waals surface area contributed by atoms with Gasteiger partial charge in [0.1, 0.15) is 0 Å². The molecule has 21 heavy (non-hydrogen) atoms. The van der Waals surface area contributed by atoms with Crippen molar-refractivity contribution in [3.63, 3.8) is 0 Å². The van der Waals surface area contributed by atoms with Crippen LogP contribution in [0.2, 0.25) is 10.0 Å². The van der Waals surface area contributed by atoms with Gasteiger partial charge in [0.25, 0.3) is 0 Å². The molecule has 0 saturated carbocycles. The number of carbonyl (C=O) groups is 2. The Balaban J connectivity index is 0.000000364. The molecule has 0 radical (unpaired) electrons. The molecule has 0 aliphatic rings. The quantitative estimate of drug-likeness (QED) is 0.757. The first-order chi connectivity index (χ1) is 9.43. The number of carboxylic acid groups (broad SMARTS) is 2. The van der Waals surface area contributed by atoms with Crippen LogP contribution in [0.5, 0.6) is 0 Å². The summed E-state index contributed by atoms with van der Waals surface area (Å²) < 4.78 is 0. The van der Waals surface area contributed by atoms with Gasteiger partial charge in [-0.2, -0.15) is 0 Å². The number of rotatable bonds is 2. The fraction of sp³-hybridized carbons (Fsp3) is 0. The van der Waals surface area contributed by atoms with Crippen LogP contribution in [0.4, 0.5) is 0 Å². The van der Waals surface area contributed by atoms with Crippen LogP contribution in [0.3, 0.4) is 0 Å². The fourth-order valence-corrected chi connectivity index (χ4v) is 1.68. The summed E-state index contributed by atoms with van der Waals surface area (Å²) >= 11 is 11.0. The molecule has 2 aromatic carbocycles. The number of hydrogen-bond acceptors (Lipinski definition) is 4. The third-order valence-electron chi connectivity index (χ3n) is 2.19.